The molecule has 1 aromatic heterocycles. The molecule has 0 aliphatic carbocycles. The molecule has 8 heteroatoms. The molecule has 2 rings (SSSR count). The Kier molecular flexibility index (Phi) is 7.78. The van der Waals surface area contributed by atoms with Crippen LogP contribution in [-0.4, -0.2) is 49.5 Å². The Morgan fingerprint density at radius 3 is 2.34 bits per heavy atom. The summed E-state index contributed by atoms with van der Waals surface area (Å²) in [5, 5.41) is 2.97. The second-order valence-electron chi connectivity index (χ2n) is 6.33. The molecule has 0 aliphatic heterocycles. The smallest absolute Gasteiger partial charge is 0.341 e. The van der Waals surface area contributed by atoms with Crippen molar-refractivity contribution in [2.24, 2.45) is 0 Å². The van der Waals surface area contributed by atoms with Crippen LogP contribution in [0.2, 0.25) is 0 Å². The average molecular weight is 419 g/mol. The fourth-order valence-corrected chi connectivity index (χ4v) is 4.01. The SMILES string of the molecule is CCN(CC)C(=O)c1sc(NC(=O)COc2ccccc2C)c(C(=O)OC)c1C. The molecule has 0 aliphatic rings. The van der Waals surface area contributed by atoms with E-state index < -0.39 is 11.9 Å². The van der Waals surface area contributed by atoms with Gasteiger partial charge in [-0.2, -0.15) is 0 Å². The molecule has 0 bridgehead atoms. The van der Waals surface area contributed by atoms with Gasteiger partial charge >= 0.3 is 5.97 Å². The van der Waals surface area contributed by atoms with Crippen LogP contribution in [-0.2, 0) is 9.53 Å². The second-order valence-corrected chi connectivity index (χ2v) is 7.35. The van der Waals surface area contributed by atoms with E-state index in [2.05, 4.69) is 5.32 Å². The highest BCUT2D eigenvalue weighted by Crippen LogP contribution is 2.34. The van der Waals surface area contributed by atoms with Crippen LogP contribution in [0.25, 0.3) is 0 Å². The summed E-state index contributed by atoms with van der Waals surface area (Å²) >= 11 is 1.07. The molecule has 0 atom stereocenters. The Hall–Kier alpha value is -2.87. The van der Waals surface area contributed by atoms with Gasteiger partial charge in [-0.15, -0.1) is 11.3 Å². The molecule has 1 aromatic carbocycles. The summed E-state index contributed by atoms with van der Waals surface area (Å²) < 4.78 is 10.4. The van der Waals surface area contributed by atoms with Crippen LogP contribution >= 0.6 is 11.3 Å². The first-order valence-electron chi connectivity index (χ1n) is 9.33. The molecule has 0 saturated carbocycles. The summed E-state index contributed by atoms with van der Waals surface area (Å²) in [4.78, 5) is 39.6. The largest absolute Gasteiger partial charge is 0.483 e. The van der Waals surface area contributed by atoms with Gasteiger partial charge in [0.25, 0.3) is 11.8 Å². The Labute approximate surface area is 174 Å². The molecule has 0 fully saturated rings. The number of rotatable bonds is 8. The molecule has 1 N–H and O–H groups in total. The number of nitrogens with one attached hydrogen (secondary N) is 1. The molecule has 0 saturated heterocycles. The lowest BCUT2D eigenvalue weighted by molar-refractivity contribution is -0.118. The number of benzene rings is 1. The predicted octanol–water partition coefficient (Wildman–Crippen LogP) is 3.65. The van der Waals surface area contributed by atoms with E-state index in [-0.39, 0.29) is 23.1 Å². The number of thiophene rings is 1. The van der Waals surface area contributed by atoms with Gasteiger partial charge in [-0.25, -0.2) is 4.79 Å². The molecule has 0 radical (unpaired) electrons. The zero-order valence-corrected chi connectivity index (χ0v) is 18.1. The number of anilines is 1. The molecular formula is C21H26N2O5S. The van der Waals surface area contributed by atoms with Gasteiger partial charge in [0.05, 0.1) is 17.6 Å². The van der Waals surface area contributed by atoms with Gasteiger partial charge in [0.2, 0.25) is 0 Å². The number of hydrogen-bond acceptors (Lipinski definition) is 6. The highest BCUT2D eigenvalue weighted by atomic mass is 32.1. The molecule has 0 unspecified atom stereocenters. The monoisotopic (exact) mass is 418 g/mol. The van der Waals surface area contributed by atoms with E-state index in [1.807, 2.05) is 39.0 Å². The summed E-state index contributed by atoms with van der Waals surface area (Å²) in [6.45, 7) is 8.21. The molecule has 156 valence electrons. The van der Waals surface area contributed by atoms with Gasteiger partial charge in [-0.1, -0.05) is 18.2 Å². The van der Waals surface area contributed by atoms with Gasteiger partial charge in [0.15, 0.2) is 6.61 Å². The summed E-state index contributed by atoms with van der Waals surface area (Å²) in [5.41, 5.74) is 1.60. The van der Waals surface area contributed by atoms with E-state index in [0.717, 1.165) is 16.9 Å². The number of carbonyl (C=O) groups is 3. The topological polar surface area (TPSA) is 84.9 Å². The minimum absolute atomic E-state index is 0.181. The van der Waals surface area contributed by atoms with Gasteiger partial charge < -0.3 is 19.7 Å². The highest BCUT2D eigenvalue weighted by molar-refractivity contribution is 7.18. The van der Waals surface area contributed by atoms with Gasteiger partial charge in [-0.3, -0.25) is 9.59 Å². The zero-order valence-electron chi connectivity index (χ0n) is 17.3. The van der Waals surface area contributed by atoms with Crippen molar-refractivity contribution in [2.45, 2.75) is 27.7 Å². The van der Waals surface area contributed by atoms with Crippen LogP contribution in [0.4, 0.5) is 5.00 Å². The maximum absolute atomic E-state index is 12.8. The van der Waals surface area contributed by atoms with E-state index in [1.54, 1.807) is 17.9 Å². The maximum atomic E-state index is 12.8. The molecule has 2 amide bonds. The third kappa shape index (κ3) is 5.14. The Morgan fingerprint density at radius 2 is 1.76 bits per heavy atom. The first-order chi connectivity index (χ1) is 13.8. The van der Waals surface area contributed by atoms with E-state index in [0.29, 0.717) is 29.3 Å². The van der Waals surface area contributed by atoms with Gasteiger partial charge in [0, 0.05) is 13.1 Å². The van der Waals surface area contributed by atoms with E-state index in [1.165, 1.54) is 7.11 Å². The predicted molar refractivity (Wildman–Crippen MR) is 113 cm³/mol. The number of amides is 2. The third-order valence-electron chi connectivity index (χ3n) is 4.49. The van der Waals surface area contributed by atoms with Gasteiger partial charge in [-0.05, 0) is 44.9 Å². The molecule has 29 heavy (non-hydrogen) atoms. The number of ether oxygens (including phenoxy) is 2. The fraction of sp³-hybridized carbons (Fsp3) is 0.381. The average Bonchev–Trinajstić information content (AvgIpc) is 3.03. The number of hydrogen-bond donors (Lipinski definition) is 1. The van der Waals surface area contributed by atoms with E-state index in [9.17, 15) is 14.4 Å². The van der Waals surface area contributed by atoms with Crippen LogP contribution in [0.3, 0.4) is 0 Å². The number of carbonyl (C=O) groups excluding carboxylic acids is 3. The highest BCUT2D eigenvalue weighted by Gasteiger charge is 2.28. The van der Waals surface area contributed by atoms with Crippen LogP contribution in [0.1, 0.15) is 45.0 Å². The summed E-state index contributed by atoms with van der Waals surface area (Å²) in [7, 11) is 1.26. The minimum Gasteiger partial charge on any atom is -0.483 e. The molecule has 2 aromatic rings. The third-order valence-corrected chi connectivity index (χ3v) is 5.68. The van der Waals surface area contributed by atoms with Crippen molar-refractivity contribution in [3.8, 4) is 5.75 Å². The van der Waals surface area contributed by atoms with Crippen LogP contribution < -0.4 is 10.1 Å². The van der Waals surface area contributed by atoms with E-state index >= 15 is 0 Å². The number of aryl methyl sites for hydroxylation is 1. The van der Waals surface area contributed by atoms with Crippen molar-refractivity contribution in [3.63, 3.8) is 0 Å². The van der Waals surface area contributed by atoms with Crippen LogP contribution in [0.5, 0.6) is 5.75 Å². The van der Waals surface area contributed by atoms with Crippen molar-refractivity contribution < 1.29 is 23.9 Å². The lowest BCUT2D eigenvalue weighted by atomic mass is 10.1. The lowest BCUT2D eigenvalue weighted by Gasteiger charge is -2.17. The number of nitrogens with zero attached hydrogens (tertiary/aromatic N) is 1. The molecule has 7 nitrogen and oxygen atoms in total. The first kappa shape index (κ1) is 22.4. The van der Waals surface area contributed by atoms with Crippen LogP contribution in [0, 0.1) is 13.8 Å². The standard InChI is InChI=1S/C21H26N2O5S/c1-6-23(7-2)20(25)18-14(4)17(21(26)27-5)19(29-18)22-16(24)12-28-15-11-9-8-10-13(15)3/h8-11H,6-7,12H2,1-5H3,(H,22,24). The quantitative estimate of drug-likeness (QED) is 0.662. The van der Waals surface area contributed by atoms with Gasteiger partial charge in [0.1, 0.15) is 10.8 Å². The number of para-hydroxylation sites is 1. The number of esters is 1. The van der Waals surface area contributed by atoms with Crippen molar-refractivity contribution >= 4 is 34.1 Å². The minimum atomic E-state index is -0.604. The summed E-state index contributed by atoms with van der Waals surface area (Å²) in [5.74, 6) is -0.608. The van der Waals surface area contributed by atoms with Crippen molar-refractivity contribution in [1.82, 2.24) is 4.90 Å². The molecule has 1 heterocycles. The zero-order chi connectivity index (χ0) is 21.6. The van der Waals surface area contributed by atoms with E-state index in [4.69, 9.17) is 9.47 Å². The summed E-state index contributed by atoms with van der Waals surface area (Å²) in [6, 6.07) is 7.37. The maximum Gasteiger partial charge on any atom is 0.341 e. The first-order valence-corrected chi connectivity index (χ1v) is 10.1. The summed E-state index contributed by atoms with van der Waals surface area (Å²) in [6.07, 6.45) is 0. The lowest BCUT2D eigenvalue weighted by Crippen LogP contribution is -2.30. The fourth-order valence-electron chi connectivity index (χ4n) is 2.83. The van der Waals surface area contributed by atoms with Crippen molar-refractivity contribution in [2.75, 3.05) is 32.1 Å². The van der Waals surface area contributed by atoms with Crippen molar-refractivity contribution in [3.05, 3.63) is 45.8 Å². The normalized spacial score (nSPS) is 10.4. The Morgan fingerprint density at radius 1 is 1.10 bits per heavy atom. The molecule has 0 spiro atoms. The Balaban J connectivity index is 2.25. The Bertz CT molecular complexity index is 902. The molecular weight excluding hydrogens is 392 g/mol. The van der Waals surface area contributed by atoms with Crippen molar-refractivity contribution in [1.29, 1.82) is 0 Å². The van der Waals surface area contributed by atoms with Crippen LogP contribution in [0.15, 0.2) is 24.3 Å². The number of methoxy groups -OCH3 is 1. The second kappa shape index (κ2) is 10.1.